The molecule has 2 aromatic rings. The van der Waals surface area contributed by atoms with Gasteiger partial charge in [0.25, 0.3) is 0 Å². The van der Waals surface area contributed by atoms with E-state index in [-0.39, 0.29) is 18.4 Å². The van der Waals surface area contributed by atoms with E-state index in [4.69, 9.17) is 16.3 Å². The maximum absolute atomic E-state index is 12.3. The highest BCUT2D eigenvalue weighted by molar-refractivity contribution is 6.31. The predicted octanol–water partition coefficient (Wildman–Crippen LogP) is 3.31. The van der Waals surface area contributed by atoms with Gasteiger partial charge in [0.15, 0.2) is 0 Å². The Bertz CT molecular complexity index is 732. The monoisotopic (exact) mass is 359 g/mol. The molecule has 0 saturated carbocycles. The third-order valence-corrected chi connectivity index (χ3v) is 4.81. The number of pyridine rings is 1. The number of hydrogen-bond donors (Lipinski definition) is 1. The molecule has 1 unspecified atom stereocenters. The predicted molar refractivity (Wildman–Crippen MR) is 98.8 cm³/mol. The number of benzene rings is 1. The van der Waals surface area contributed by atoms with Crippen LogP contribution in [0.25, 0.3) is 0 Å². The molecule has 1 N–H and O–H groups in total. The molecule has 1 amide bonds. The average molecular weight is 360 g/mol. The van der Waals surface area contributed by atoms with Crippen LogP contribution in [0.4, 0.5) is 5.69 Å². The second kappa shape index (κ2) is 8.43. The number of morpholine rings is 1. The van der Waals surface area contributed by atoms with E-state index in [2.05, 4.69) is 28.2 Å². The van der Waals surface area contributed by atoms with Gasteiger partial charge in [-0.3, -0.25) is 14.7 Å². The molecule has 3 rings (SSSR count). The molecular weight excluding hydrogens is 338 g/mol. The Hall–Kier alpha value is -1.95. The van der Waals surface area contributed by atoms with Gasteiger partial charge in [0.2, 0.25) is 5.91 Å². The fourth-order valence-corrected chi connectivity index (χ4v) is 3.14. The van der Waals surface area contributed by atoms with Crippen molar-refractivity contribution in [2.45, 2.75) is 19.4 Å². The van der Waals surface area contributed by atoms with Crippen LogP contribution in [0.3, 0.4) is 0 Å². The number of aromatic nitrogens is 1. The number of ether oxygens (including phenoxy) is 1. The normalized spacial score (nSPS) is 16.4. The lowest BCUT2D eigenvalue weighted by molar-refractivity contribution is -0.115. The summed E-state index contributed by atoms with van der Waals surface area (Å²) in [5, 5.41) is 3.50. The molecule has 1 saturated heterocycles. The summed E-state index contributed by atoms with van der Waals surface area (Å²) in [5.41, 5.74) is 2.70. The molecule has 1 aromatic heterocycles. The highest BCUT2D eigenvalue weighted by atomic mass is 35.5. The Morgan fingerprint density at radius 2 is 2.16 bits per heavy atom. The average Bonchev–Trinajstić information content (AvgIpc) is 2.64. The van der Waals surface area contributed by atoms with Crippen molar-refractivity contribution in [3.8, 4) is 0 Å². The summed E-state index contributed by atoms with van der Waals surface area (Å²) in [6, 6.07) is 9.97. The number of nitrogens with one attached hydrogen (secondary N) is 1. The summed E-state index contributed by atoms with van der Waals surface area (Å²) in [5.74, 6) is -0.105. The zero-order chi connectivity index (χ0) is 17.6. The van der Waals surface area contributed by atoms with E-state index in [1.807, 2.05) is 18.2 Å². The minimum atomic E-state index is -0.105. The number of halogens is 1. The second-order valence-electron chi connectivity index (χ2n) is 6.14. The van der Waals surface area contributed by atoms with Crippen LogP contribution in [0.1, 0.15) is 24.1 Å². The molecule has 0 aliphatic carbocycles. The van der Waals surface area contributed by atoms with E-state index < -0.39 is 0 Å². The summed E-state index contributed by atoms with van der Waals surface area (Å²) in [7, 11) is 0. The van der Waals surface area contributed by atoms with Crippen LogP contribution in [0.15, 0.2) is 42.7 Å². The highest BCUT2D eigenvalue weighted by Gasteiger charge is 2.18. The third-order valence-electron chi connectivity index (χ3n) is 4.44. The third kappa shape index (κ3) is 4.78. The Balaban J connectivity index is 1.65. The first-order valence-corrected chi connectivity index (χ1v) is 8.81. The van der Waals surface area contributed by atoms with E-state index in [1.165, 1.54) is 5.56 Å². The molecule has 132 valence electrons. The Morgan fingerprint density at radius 3 is 2.92 bits per heavy atom. The fourth-order valence-electron chi connectivity index (χ4n) is 2.97. The van der Waals surface area contributed by atoms with Gasteiger partial charge in [-0.2, -0.15) is 0 Å². The minimum Gasteiger partial charge on any atom is -0.379 e. The molecule has 0 radical (unpaired) electrons. The van der Waals surface area contributed by atoms with Gasteiger partial charge in [0.1, 0.15) is 0 Å². The van der Waals surface area contributed by atoms with Gasteiger partial charge in [-0.25, -0.2) is 0 Å². The van der Waals surface area contributed by atoms with Gasteiger partial charge in [0, 0.05) is 42.2 Å². The molecule has 1 aliphatic rings. The smallest absolute Gasteiger partial charge is 0.228 e. The lowest BCUT2D eigenvalue weighted by Gasteiger charge is -2.32. The van der Waals surface area contributed by atoms with Crippen LogP contribution in [0.5, 0.6) is 0 Å². The largest absolute Gasteiger partial charge is 0.379 e. The first-order valence-electron chi connectivity index (χ1n) is 8.43. The van der Waals surface area contributed by atoms with Crippen LogP contribution < -0.4 is 5.32 Å². The van der Waals surface area contributed by atoms with Gasteiger partial charge in [-0.05, 0) is 36.2 Å². The molecular formula is C19H22ClN3O2. The quantitative estimate of drug-likeness (QED) is 0.889. The molecule has 25 heavy (non-hydrogen) atoms. The van der Waals surface area contributed by atoms with E-state index >= 15 is 0 Å². The Kier molecular flexibility index (Phi) is 6.02. The molecule has 1 atom stereocenters. The second-order valence-corrected chi connectivity index (χ2v) is 6.55. The van der Waals surface area contributed by atoms with Crippen LogP contribution in [-0.4, -0.2) is 42.1 Å². The first kappa shape index (κ1) is 17.9. The summed E-state index contributed by atoms with van der Waals surface area (Å²) in [6.07, 6.45) is 3.44. The van der Waals surface area contributed by atoms with Crippen LogP contribution in [-0.2, 0) is 16.0 Å². The van der Waals surface area contributed by atoms with Gasteiger partial charge >= 0.3 is 0 Å². The molecule has 2 heterocycles. The Labute approximate surface area is 153 Å². The molecule has 0 spiro atoms. The van der Waals surface area contributed by atoms with Gasteiger partial charge < -0.3 is 10.1 Å². The van der Waals surface area contributed by atoms with E-state index in [1.54, 1.807) is 18.5 Å². The molecule has 1 aromatic carbocycles. The first-order chi connectivity index (χ1) is 12.1. The van der Waals surface area contributed by atoms with E-state index in [0.717, 1.165) is 37.6 Å². The lowest BCUT2D eigenvalue weighted by Crippen LogP contribution is -2.38. The number of carbonyl (C=O) groups excluding carboxylic acids is 1. The zero-order valence-electron chi connectivity index (χ0n) is 14.2. The Morgan fingerprint density at radius 1 is 1.36 bits per heavy atom. The topological polar surface area (TPSA) is 54.5 Å². The number of hydrogen-bond acceptors (Lipinski definition) is 4. The molecule has 1 aliphatic heterocycles. The van der Waals surface area contributed by atoms with Crippen LogP contribution in [0.2, 0.25) is 5.02 Å². The van der Waals surface area contributed by atoms with Crippen LogP contribution >= 0.6 is 11.6 Å². The maximum Gasteiger partial charge on any atom is 0.228 e. The maximum atomic E-state index is 12.3. The molecule has 1 fully saturated rings. The van der Waals surface area contributed by atoms with Crippen molar-refractivity contribution in [3.63, 3.8) is 0 Å². The summed E-state index contributed by atoms with van der Waals surface area (Å²) < 4.78 is 5.41. The fraction of sp³-hybridized carbons (Fsp3) is 0.368. The number of anilines is 1. The standard InChI is InChI=1S/C19H22ClN3O2/c1-14(23-7-9-25-10-8-23)15-3-2-4-17(11-15)22-19(24)12-16-13-21-6-5-18(16)20/h2-6,11,13-14H,7-10,12H2,1H3,(H,22,24). The number of rotatable bonds is 5. The zero-order valence-corrected chi connectivity index (χ0v) is 15.0. The highest BCUT2D eigenvalue weighted by Crippen LogP contribution is 2.24. The minimum absolute atomic E-state index is 0.105. The van der Waals surface area contributed by atoms with Crippen molar-refractivity contribution in [2.75, 3.05) is 31.6 Å². The number of nitrogens with zero attached hydrogens (tertiary/aromatic N) is 2. The molecule has 5 nitrogen and oxygen atoms in total. The van der Waals surface area contributed by atoms with Crippen molar-refractivity contribution >= 4 is 23.2 Å². The summed E-state index contributed by atoms with van der Waals surface area (Å²) >= 11 is 6.09. The van der Waals surface area contributed by atoms with Crippen molar-refractivity contribution in [1.82, 2.24) is 9.88 Å². The van der Waals surface area contributed by atoms with Crippen molar-refractivity contribution in [3.05, 3.63) is 58.9 Å². The van der Waals surface area contributed by atoms with Crippen molar-refractivity contribution < 1.29 is 9.53 Å². The van der Waals surface area contributed by atoms with Gasteiger partial charge in [-0.1, -0.05) is 23.7 Å². The number of amides is 1. The lowest BCUT2D eigenvalue weighted by atomic mass is 10.1. The van der Waals surface area contributed by atoms with E-state index in [0.29, 0.717) is 5.02 Å². The molecule has 6 heteroatoms. The van der Waals surface area contributed by atoms with Crippen LogP contribution in [0, 0.1) is 0 Å². The van der Waals surface area contributed by atoms with E-state index in [9.17, 15) is 4.79 Å². The van der Waals surface area contributed by atoms with Crippen molar-refractivity contribution in [2.24, 2.45) is 0 Å². The summed E-state index contributed by atoms with van der Waals surface area (Å²) in [6.45, 7) is 5.58. The number of carbonyl (C=O) groups is 1. The van der Waals surface area contributed by atoms with Gasteiger partial charge in [0.05, 0.1) is 19.6 Å². The van der Waals surface area contributed by atoms with Gasteiger partial charge in [-0.15, -0.1) is 0 Å². The molecule has 0 bridgehead atoms. The van der Waals surface area contributed by atoms with Crippen molar-refractivity contribution in [1.29, 1.82) is 0 Å². The summed E-state index contributed by atoms with van der Waals surface area (Å²) in [4.78, 5) is 18.7. The SMILES string of the molecule is CC(c1cccc(NC(=O)Cc2cnccc2Cl)c1)N1CCOCC1.